The molecule has 6 rings (SSSR count). The minimum absolute atomic E-state index is 0.256. The monoisotopic (exact) mass is 514 g/mol. The maximum absolute atomic E-state index is 13.5. The highest BCUT2D eigenvalue weighted by Crippen LogP contribution is 2.22. The van der Waals surface area contributed by atoms with Gasteiger partial charge in [0, 0.05) is 43.0 Å². The van der Waals surface area contributed by atoms with E-state index in [9.17, 15) is 9.59 Å². The van der Waals surface area contributed by atoms with Crippen molar-refractivity contribution in [2.75, 3.05) is 20.2 Å². The summed E-state index contributed by atoms with van der Waals surface area (Å²) in [5.41, 5.74) is 2.96. The van der Waals surface area contributed by atoms with Gasteiger partial charge in [-0.05, 0) is 20.8 Å². The average molecular weight is 515 g/mol. The molecule has 0 atom stereocenters. The summed E-state index contributed by atoms with van der Waals surface area (Å²) >= 11 is 0. The molecule has 13 nitrogen and oxygen atoms in total. The van der Waals surface area contributed by atoms with E-state index in [0.29, 0.717) is 59.1 Å². The summed E-state index contributed by atoms with van der Waals surface area (Å²) < 4.78 is 8.95. The number of carbonyl (C=O) groups is 2. The standard InChI is InChI=1S/C25H26N10O3/c1-13-7-20(31-15(3)30-13)35-18-5-6-33(11-16(18)8-29-35)25(37)23(36)17-9-26-22-21(17)19(38-4)10-27-24(22)34-12-28-14(2)32-34/h7-9,12,26-27H,5-6,10-11H2,1-4H3. The Morgan fingerprint density at radius 3 is 2.71 bits per heavy atom. The Bertz CT molecular complexity index is 1710. The molecule has 2 aliphatic rings. The van der Waals surface area contributed by atoms with Crippen LogP contribution in [0.3, 0.4) is 0 Å². The number of ketones is 1. The second kappa shape index (κ2) is 8.94. The number of aromatic nitrogens is 8. The highest BCUT2D eigenvalue weighted by Gasteiger charge is 2.31. The SMILES string of the molecule is COC1=c2c(C(=O)C(=O)N3CCc4c(cnn4-c4cc(C)nc(C)n4)C3)c[nH]c2=C(n2cnc(C)n2)NC1. The molecule has 38 heavy (non-hydrogen) atoms. The number of methoxy groups -OCH3 is 1. The Hall–Kier alpha value is -4.81. The molecule has 2 aliphatic heterocycles. The van der Waals surface area contributed by atoms with Gasteiger partial charge in [0.2, 0.25) is 0 Å². The van der Waals surface area contributed by atoms with E-state index in [1.165, 1.54) is 0 Å². The molecule has 2 N–H and O–H groups in total. The fraction of sp³-hybridized carbons (Fsp3) is 0.320. The van der Waals surface area contributed by atoms with Crippen LogP contribution in [0.5, 0.6) is 0 Å². The summed E-state index contributed by atoms with van der Waals surface area (Å²) in [4.78, 5) is 44.6. The van der Waals surface area contributed by atoms with E-state index in [-0.39, 0.29) is 12.1 Å². The fourth-order valence-corrected chi connectivity index (χ4v) is 5.01. The van der Waals surface area contributed by atoms with Gasteiger partial charge >= 0.3 is 0 Å². The van der Waals surface area contributed by atoms with E-state index in [4.69, 9.17) is 4.74 Å². The fourth-order valence-electron chi connectivity index (χ4n) is 5.01. The molecule has 0 fully saturated rings. The van der Waals surface area contributed by atoms with E-state index in [2.05, 4.69) is 35.5 Å². The molecule has 0 bridgehead atoms. The van der Waals surface area contributed by atoms with Gasteiger partial charge in [0.05, 0.1) is 41.7 Å². The summed E-state index contributed by atoms with van der Waals surface area (Å²) in [6.45, 7) is 6.55. The van der Waals surface area contributed by atoms with E-state index in [1.54, 1.807) is 47.0 Å². The molecule has 0 radical (unpaired) electrons. The lowest BCUT2D eigenvalue weighted by Crippen LogP contribution is -2.46. The van der Waals surface area contributed by atoms with Gasteiger partial charge in [-0.1, -0.05) is 0 Å². The summed E-state index contributed by atoms with van der Waals surface area (Å²) in [6.07, 6.45) is 5.41. The van der Waals surface area contributed by atoms with Crippen LogP contribution in [0.2, 0.25) is 0 Å². The third-order valence-electron chi connectivity index (χ3n) is 6.72. The number of H-pyrrole nitrogens is 1. The van der Waals surface area contributed by atoms with Gasteiger partial charge in [-0.2, -0.15) is 10.2 Å². The number of nitrogens with one attached hydrogen (secondary N) is 2. The molecule has 0 spiro atoms. The van der Waals surface area contributed by atoms with Crippen LogP contribution >= 0.6 is 0 Å². The van der Waals surface area contributed by atoms with E-state index < -0.39 is 11.7 Å². The normalized spacial score (nSPS) is 14.7. The number of ether oxygens (including phenoxy) is 1. The van der Waals surface area contributed by atoms with Crippen molar-refractivity contribution >= 4 is 23.3 Å². The minimum atomic E-state index is -0.606. The van der Waals surface area contributed by atoms with Gasteiger partial charge in [-0.3, -0.25) is 9.59 Å². The predicted octanol–water partition coefficient (Wildman–Crippen LogP) is -0.753. The smallest absolute Gasteiger partial charge is 0.295 e. The van der Waals surface area contributed by atoms with Crippen LogP contribution in [-0.2, 0) is 22.5 Å². The molecule has 13 heteroatoms. The maximum atomic E-state index is 13.5. The molecule has 194 valence electrons. The molecule has 6 heterocycles. The lowest BCUT2D eigenvalue weighted by molar-refractivity contribution is -0.127. The van der Waals surface area contributed by atoms with Crippen molar-refractivity contribution in [2.24, 2.45) is 0 Å². The number of rotatable bonds is 5. The summed E-state index contributed by atoms with van der Waals surface area (Å²) in [5, 5.41) is 13.3. The van der Waals surface area contributed by atoms with Crippen LogP contribution in [0, 0.1) is 20.8 Å². The molecule has 4 aromatic rings. The second-order valence-corrected chi connectivity index (χ2v) is 9.27. The number of hydrogen-bond donors (Lipinski definition) is 2. The molecule has 1 amide bonds. The summed E-state index contributed by atoms with van der Waals surface area (Å²) in [7, 11) is 1.54. The number of carbonyl (C=O) groups excluding carboxylic acids is 2. The Morgan fingerprint density at radius 2 is 1.97 bits per heavy atom. The molecule has 0 aromatic carbocycles. The number of aryl methyl sites for hydroxylation is 3. The largest absolute Gasteiger partial charge is 0.498 e. The molecular weight excluding hydrogens is 488 g/mol. The van der Waals surface area contributed by atoms with Gasteiger partial charge in [-0.15, -0.1) is 0 Å². The highest BCUT2D eigenvalue weighted by atomic mass is 16.5. The topological polar surface area (TPSA) is 149 Å². The number of amides is 1. The summed E-state index contributed by atoms with van der Waals surface area (Å²) in [6, 6.07) is 1.88. The van der Waals surface area contributed by atoms with Crippen LogP contribution < -0.4 is 15.9 Å². The third kappa shape index (κ3) is 3.83. The Labute approximate surface area is 216 Å². The lowest BCUT2D eigenvalue weighted by atomic mass is 10.1. The van der Waals surface area contributed by atoms with Crippen molar-refractivity contribution < 1.29 is 14.3 Å². The zero-order chi connectivity index (χ0) is 26.6. The number of Topliss-reactive ketones (excluding diaryl/α,β-unsaturated/α-hetero) is 1. The Morgan fingerprint density at radius 1 is 1.13 bits per heavy atom. The number of fused-ring (bicyclic) bond motifs is 2. The Balaban J connectivity index is 1.31. The maximum Gasteiger partial charge on any atom is 0.295 e. The van der Waals surface area contributed by atoms with Crippen LogP contribution in [0.25, 0.3) is 17.4 Å². The van der Waals surface area contributed by atoms with Crippen molar-refractivity contribution in [1.29, 1.82) is 0 Å². The molecule has 0 saturated heterocycles. The van der Waals surface area contributed by atoms with Crippen molar-refractivity contribution in [3.8, 4) is 5.82 Å². The molecular formula is C25H26N10O3. The summed E-state index contributed by atoms with van der Waals surface area (Å²) in [5.74, 6) is 1.96. The zero-order valence-corrected chi connectivity index (χ0v) is 21.4. The predicted molar refractivity (Wildman–Crippen MR) is 134 cm³/mol. The van der Waals surface area contributed by atoms with E-state index in [0.717, 1.165) is 17.0 Å². The second-order valence-electron chi connectivity index (χ2n) is 9.27. The first kappa shape index (κ1) is 23.6. The quantitative estimate of drug-likeness (QED) is 0.259. The van der Waals surface area contributed by atoms with Crippen LogP contribution in [-0.4, -0.2) is 76.3 Å². The first-order valence-corrected chi connectivity index (χ1v) is 12.2. The van der Waals surface area contributed by atoms with Gasteiger partial charge in [-0.25, -0.2) is 24.3 Å². The molecule has 4 aromatic heterocycles. The molecule has 0 aliphatic carbocycles. The van der Waals surface area contributed by atoms with E-state index in [1.807, 2.05) is 19.9 Å². The van der Waals surface area contributed by atoms with Gasteiger partial charge in [0.15, 0.2) is 11.6 Å². The average Bonchev–Trinajstić information content (AvgIpc) is 3.64. The first-order valence-electron chi connectivity index (χ1n) is 12.2. The van der Waals surface area contributed by atoms with Crippen molar-refractivity contribution in [1.82, 2.24) is 49.7 Å². The van der Waals surface area contributed by atoms with Crippen LogP contribution in [0.15, 0.2) is 24.8 Å². The first-order chi connectivity index (χ1) is 18.3. The minimum Gasteiger partial charge on any atom is -0.498 e. The molecule has 0 unspecified atom stereocenters. The van der Waals surface area contributed by atoms with Crippen LogP contribution in [0.4, 0.5) is 0 Å². The van der Waals surface area contributed by atoms with E-state index >= 15 is 0 Å². The van der Waals surface area contributed by atoms with Crippen molar-refractivity contribution in [3.63, 3.8) is 0 Å². The molecule has 0 saturated carbocycles. The van der Waals surface area contributed by atoms with Gasteiger partial charge in [0.1, 0.15) is 23.7 Å². The lowest BCUT2D eigenvalue weighted by Gasteiger charge is -2.26. The van der Waals surface area contributed by atoms with Gasteiger partial charge < -0.3 is 19.9 Å². The Kier molecular flexibility index (Phi) is 5.55. The van der Waals surface area contributed by atoms with Crippen molar-refractivity contribution in [3.05, 3.63) is 69.5 Å². The van der Waals surface area contributed by atoms with Gasteiger partial charge in [0.25, 0.3) is 11.7 Å². The number of nitrogens with zero attached hydrogens (tertiary/aromatic N) is 8. The zero-order valence-electron chi connectivity index (χ0n) is 21.4. The number of aromatic amines is 1. The third-order valence-corrected chi connectivity index (χ3v) is 6.72. The highest BCUT2D eigenvalue weighted by molar-refractivity contribution is 6.42. The van der Waals surface area contributed by atoms with Crippen LogP contribution in [0.1, 0.15) is 39.0 Å². The number of hydrogen-bond acceptors (Lipinski definition) is 9. The van der Waals surface area contributed by atoms with Crippen molar-refractivity contribution in [2.45, 2.75) is 33.7 Å².